The molecule has 3 nitrogen and oxygen atoms in total. The van der Waals surface area contributed by atoms with Gasteiger partial charge >= 0.3 is 0 Å². The molecule has 1 amide bonds. The van der Waals surface area contributed by atoms with Crippen molar-refractivity contribution < 1.29 is 4.79 Å². The molecule has 2 rings (SSSR count). The van der Waals surface area contributed by atoms with Crippen molar-refractivity contribution in [1.82, 2.24) is 4.98 Å². The van der Waals surface area contributed by atoms with Gasteiger partial charge in [-0.1, -0.05) is 15.9 Å². The number of benzene rings is 1. The number of aromatic nitrogens is 1. The molecule has 1 aromatic carbocycles. The van der Waals surface area contributed by atoms with Crippen molar-refractivity contribution in [2.75, 3.05) is 5.32 Å². The molecule has 0 saturated carbocycles. The van der Waals surface area contributed by atoms with Crippen molar-refractivity contribution in [3.05, 3.63) is 54.6 Å². The first-order valence-corrected chi connectivity index (χ1v) is 7.61. The van der Waals surface area contributed by atoms with Gasteiger partial charge in [0.2, 0.25) is 0 Å². The Hall–Kier alpha value is -0.470. The Morgan fingerprint density at radius 3 is 2.67 bits per heavy atom. The van der Waals surface area contributed by atoms with E-state index in [0.29, 0.717) is 11.4 Å². The Bertz CT molecular complexity index is 587. The standard InChI is InChI=1S/C12H7Br2IN2O/c13-7-1-3-10(14)9(5-7)12(18)17-11-4-2-8(15)6-16-11/h1-6H,(H,16,17,18). The van der Waals surface area contributed by atoms with E-state index in [9.17, 15) is 4.79 Å². The van der Waals surface area contributed by atoms with Crippen LogP contribution in [0.3, 0.4) is 0 Å². The highest BCUT2D eigenvalue weighted by Crippen LogP contribution is 2.22. The van der Waals surface area contributed by atoms with Crippen LogP contribution in [-0.2, 0) is 0 Å². The van der Waals surface area contributed by atoms with Crippen molar-refractivity contribution in [3.63, 3.8) is 0 Å². The first kappa shape index (κ1) is 14.0. The summed E-state index contributed by atoms with van der Waals surface area (Å²) < 4.78 is 2.62. The Morgan fingerprint density at radius 2 is 2.00 bits per heavy atom. The van der Waals surface area contributed by atoms with Crippen LogP contribution in [0, 0.1) is 3.57 Å². The van der Waals surface area contributed by atoms with Gasteiger partial charge in [0.25, 0.3) is 5.91 Å². The minimum atomic E-state index is -0.197. The van der Waals surface area contributed by atoms with E-state index in [0.717, 1.165) is 12.5 Å². The van der Waals surface area contributed by atoms with E-state index in [1.807, 2.05) is 18.2 Å². The van der Waals surface area contributed by atoms with Crippen molar-refractivity contribution in [1.29, 1.82) is 0 Å². The molecule has 0 bridgehead atoms. The minimum absolute atomic E-state index is 0.197. The Morgan fingerprint density at radius 1 is 1.22 bits per heavy atom. The maximum atomic E-state index is 12.1. The molecule has 0 aliphatic rings. The van der Waals surface area contributed by atoms with Crippen LogP contribution in [0.2, 0.25) is 0 Å². The van der Waals surface area contributed by atoms with E-state index >= 15 is 0 Å². The van der Waals surface area contributed by atoms with Gasteiger partial charge in [-0.2, -0.15) is 0 Å². The molecule has 2 aromatic rings. The van der Waals surface area contributed by atoms with Crippen molar-refractivity contribution in [2.24, 2.45) is 0 Å². The normalized spacial score (nSPS) is 10.2. The van der Waals surface area contributed by atoms with Gasteiger partial charge in [0.15, 0.2) is 0 Å². The molecule has 0 fully saturated rings. The van der Waals surface area contributed by atoms with Gasteiger partial charge in [-0.05, 0) is 68.9 Å². The smallest absolute Gasteiger partial charge is 0.258 e. The summed E-state index contributed by atoms with van der Waals surface area (Å²) >= 11 is 8.86. The van der Waals surface area contributed by atoms with Gasteiger partial charge < -0.3 is 5.32 Å². The monoisotopic (exact) mass is 480 g/mol. The summed E-state index contributed by atoms with van der Waals surface area (Å²) in [6.45, 7) is 0. The van der Waals surface area contributed by atoms with Crippen LogP contribution >= 0.6 is 54.5 Å². The molecule has 0 radical (unpaired) electrons. The predicted octanol–water partition coefficient (Wildman–Crippen LogP) is 4.46. The van der Waals surface area contributed by atoms with E-state index in [-0.39, 0.29) is 5.91 Å². The number of nitrogens with zero attached hydrogens (tertiary/aromatic N) is 1. The maximum Gasteiger partial charge on any atom is 0.258 e. The Labute approximate surface area is 135 Å². The summed E-state index contributed by atoms with van der Waals surface area (Å²) in [5.41, 5.74) is 0.560. The summed E-state index contributed by atoms with van der Waals surface area (Å²) in [5, 5.41) is 2.75. The molecular weight excluding hydrogens is 475 g/mol. The summed E-state index contributed by atoms with van der Waals surface area (Å²) in [7, 11) is 0. The zero-order valence-electron chi connectivity index (χ0n) is 8.95. The quantitative estimate of drug-likeness (QED) is 0.643. The lowest BCUT2D eigenvalue weighted by Gasteiger charge is -2.06. The van der Waals surface area contributed by atoms with E-state index in [2.05, 4.69) is 64.8 Å². The fraction of sp³-hybridized carbons (Fsp3) is 0. The van der Waals surface area contributed by atoms with E-state index < -0.39 is 0 Å². The van der Waals surface area contributed by atoms with E-state index in [1.165, 1.54) is 0 Å². The van der Waals surface area contributed by atoms with Crippen LogP contribution in [0.15, 0.2) is 45.5 Å². The summed E-state index contributed by atoms with van der Waals surface area (Å²) in [6.07, 6.45) is 1.70. The number of nitrogens with one attached hydrogen (secondary N) is 1. The van der Waals surface area contributed by atoms with Crippen molar-refractivity contribution >= 4 is 66.2 Å². The number of anilines is 1. The number of rotatable bonds is 2. The van der Waals surface area contributed by atoms with Gasteiger partial charge in [0.05, 0.1) is 5.56 Å². The average molecular weight is 482 g/mol. The van der Waals surface area contributed by atoms with Crippen LogP contribution in [0.5, 0.6) is 0 Å². The fourth-order valence-electron chi connectivity index (χ4n) is 1.30. The first-order valence-electron chi connectivity index (χ1n) is 4.94. The molecular formula is C12H7Br2IN2O. The van der Waals surface area contributed by atoms with Gasteiger partial charge in [-0.3, -0.25) is 4.79 Å². The van der Waals surface area contributed by atoms with Crippen LogP contribution in [0.25, 0.3) is 0 Å². The number of pyridine rings is 1. The molecule has 0 aliphatic heterocycles. The molecule has 0 saturated heterocycles. The highest BCUT2D eigenvalue weighted by Gasteiger charge is 2.11. The SMILES string of the molecule is O=C(Nc1ccc(I)cn1)c1cc(Br)ccc1Br. The molecule has 18 heavy (non-hydrogen) atoms. The van der Waals surface area contributed by atoms with Crippen molar-refractivity contribution in [2.45, 2.75) is 0 Å². The van der Waals surface area contributed by atoms with Gasteiger partial charge in [0.1, 0.15) is 5.82 Å². The van der Waals surface area contributed by atoms with Crippen molar-refractivity contribution in [3.8, 4) is 0 Å². The molecule has 1 heterocycles. The highest BCUT2D eigenvalue weighted by atomic mass is 127. The fourth-order valence-corrected chi connectivity index (χ4v) is 2.41. The van der Waals surface area contributed by atoms with Crippen LogP contribution < -0.4 is 5.32 Å². The Kier molecular flexibility index (Phi) is 4.74. The van der Waals surface area contributed by atoms with Gasteiger partial charge in [-0.15, -0.1) is 0 Å². The minimum Gasteiger partial charge on any atom is -0.307 e. The third kappa shape index (κ3) is 3.52. The topological polar surface area (TPSA) is 42.0 Å². The second kappa shape index (κ2) is 6.12. The predicted molar refractivity (Wildman–Crippen MR) is 86.7 cm³/mol. The lowest BCUT2D eigenvalue weighted by Crippen LogP contribution is -2.13. The summed E-state index contributed by atoms with van der Waals surface area (Å²) in [6, 6.07) is 9.10. The third-order valence-electron chi connectivity index (χ3n) is 2.14. The molecule has 0 unspecified atom stereocenters. The lowest BCUT2D eigenvalue weighted by atomic mass is 10.2. The molecule has 1 N–H and O–H groups in total. The number of amides is 1. The average Bonchev–Trinajstić information content (AvgIpc) is 2.35. The summed E-state index contributed by atoms with van der Waals surface area (Å²) in [5.74, 6) is 0.337. The number of hydrogen-bond acceptors (Lipinski definition) is 2. The molecule has 0 aliphatic carbocycles. The number of halogens is 3. The largest absolute Gasteiger partial charge is 0.307 e. The maximum absolute atomic E-state index is 12.1. The van der Waals surface area contributed by atoms with Crippen LogP contribution in [-0.4, -0.2) is 10.9 Å². The van der Waals surface area contributed by atoms with E-state index in [4.69, 9.17) is 0 Å². The Balaban J connectivity index is 2.21. The highest BCUT2D eigenvalue weighted by molar-refractivity contribution is 14.1. The second-order valence-corrected chi connectivity index (χ2v) is 6.46. The number of carbonyl (C=O) groups is 1. The molecule has 1 aromatic heterocycles. The van der Waals surface area contributed by atoms with Crippen LogP contribution in [0.1, 0.15) is 10.4 Å². The molecule has 92 valence electrons. The van der Waals surface area contributed by atoms with Crippen LogP contribution in [0.4, 0.5) is 5.82 Å². The third-order valence-corrected chi connectivity index (χ3v) is 3.96. The number of carbonyl (C=O) groups excluding carboxylic acids is 1. The second-order valence-electron chi connectivity index (χ2n) is 3.44. The van der Waals surface area contributed by atoms with E-state index in [1.54, 1.807) is 18.3 Å². The first-order chi connectivity index (χ1) is 8.56. The summed E-state index contributed by atoms with van der Waals surface area (Å²) in [4.78, 5) is 16.2. The molecule has 0 spiro atoms. The zero-order chi connectivity index (χ0) is 13.1. The zero-order valence-corrected chi connectivity index (χ0v) is 14.3. The van der Waals surface area contributed by atoms with Gasteiger partial charge in [-0.25, -0.2) is 4.98 Å². The van der Waals surface area contributed by atoms with Gasteiger partial charge in [0, 0.05) is 18.7 Å². The molecule has 6 heteroatoms. The lowest BCUT2D eigenvalue weighted by molar-refractivity contribution is 0.102. The molecule has 0 atom stereocenters. The number of hydrogen-bond donors (Lipinski definition) is 1.